The normalized spacial score (nSPS) is 13.0. The van der Waals surface area contributed by atoms with E-state index in [0.717, 1.165) is 36.5 Å². The van der Waals surface area contributed by atoms with Gasteiger partial charge in [0.2, 0.25) is 5.95 Å². The first-order valence-corrected chi connectivity index (χ1v) is 12.7. The Kier molecular flexibility index (Phi) is 6.86. The maximum Gasteiger partial charge on any atom is 0.206 e. The average molecular weight is 478 g/mol. The van der Waals surface area contributed by atoms with Crippen LogP contribution in [-0.2, 0) is 19.0 Å². The van der Waals surface area contributed by atoms with Crippen LogP contribution in [0.5, 0.6) is 0 Å². The maximum absolute atomic E-state index is 14.9. The van der Waals surface area contributed by atoms with Gasteiger partial charge in [-0.25, -0.2) is 9.37 Å². The van der Waals surface area contributed by atoms with Gasteiger partial charge in [0, 0.05) is 32.4 Å². The van der Waals surface area contributed by atoms with Crippen LogP contribution >= 0.6 is 0 Å². The van der Waals surface area contributed by atoms with Crippen molar-refractivity contribution >= 4 is 16.7 Å². The van der Waals surface area contributed by atoms with Gasteiger partial charge in [0.15, 0.2) is 0 Å². The number of imidazole rings is 1. The van der Waals surface area contributed by atoms with Crippen molar-refractivity contribution in [3.8, 4) is 0 Å². The van der Waals surface area contributed by atoms with Crippen LogP contribution in [0.15, 0.2) is 109 Å². The maximum atomic E-state index is 14.9. The highest BCUT2D eigenvalue weighted by atomic mass is 19.1. The van der Waals surface area contributed by atoms with E-state index in [2.05, 4.69) is 89.2 Å². The van der Waals surface area contributed by atoms with Crippen molar-refractivity contribution < 1.29 is 4.39 Å². The lowest BCUT2D eigenvalue weighted by molar-refractivity contribution is 0.447. The average Bonchev–Trinajstić information content (AvgIpc) is 3.34. The Balaban J connectivity index is 1.80. The van der Waals surface area contributed by atoms with Crippen molar-refractivity contribution in [2.45, 2.75) is 31.7 Å². The van der Waals surface area contributed by atoms with Gasteiger partial charge in [-0.05, 0) is 46.0 Å². The molecular weight excluding hydrogens is 445 g/mol. The topological polar surface area (TPSA) is 21.1 Å². The van der Waals surface area contributed by atoms with Crippen molar-refractivity contribution in [2.75, 3.05) is 11.4 Å². The van der Waals surface area contributed by atoms with E-state index in [1.54, 1.807) is 6.07 Å². The zero-order chi connectivity index (χ0) is 25.0. The highest BCUT2D eigenvalue weighted by molar-refractivity contribution is 5.83. The summed E-state index contributed by atoms with van der Waals surface area (Å²) in [5.74, 6) is 0.638. The van der Waals surface area contributed by atoms with Gasteiger partial charge in [-0.15, -0.1) is 0 Å². The first-order valence-electron chi connectivity index (χ1n) is 12.7. The van der Waals surface area contributed by atoms with E-state index in [9.17, 15) is 4.39 Å². The Morgan fingerprint density at radius 2 is 1.58 bits per heavy atom. The molecule has 1 heterocycles. The summed E-state index contributed by atoms with van der Waals surface area (Å²) in [5.41, 5.74) is 2.56. The summed E-state index contributed by atoms with van der Waals surface area (Å²) in [7, 11) is 2.03. The fourth-order valence-corrected chi connectivity index (χ4v) is 5.28. The summed E-state index contributed by atoms with van der Waals surface area (Å²) < 4.78 is 16.9. The molecule has 4 aromatic carbocycles. The number of anilines is 1. The molecule has 0 bridgehead atoms. The minimum Gasteiger partial charge on any atom is -0.328 e. The molecule has 0 spiro atoms. The van der Waals surface area contributed by atoms with Crippen molar-refractivity contribution in [1.82, 2.24) is 9.55 Å². The molecule has 0 N–H and O–H groups in total. The summed E-state index contributed by atoms with van der Waals surface area (Å²) >= 11 is 0. The molecule has 1 aromatic heterocycles. The molecule has 0 aliphatic heterocycles. The van der Waals surface area contributed by atoms with E-state index in [1.165, 1.54) is 22.4 Å². The molecule has 0 saturated heterocycles. The lowest BCUT2D eigenvalue weighted by Crippen LogP contribution is -2.50. The van der Waals surface area contributed by atoms with Crippen LogP contribution in [0.25, 0.3) is 10.8 Å². The largest absolute Gasteiger partial charge is 0.328 e. The molecule has 0 amide bonds. The summed E-state index contributed by atoms with van der Waals surface area (Å²) in [6.45, 7) is 2.99. The molecule has 0 saturated carbocycles. The molecule has 5 aromatic rings. The third kappa shape index (κ3) is 4.51. The molecule has 3 nitrogen and oxygen atoms in total. The Labute approximate surface area is 212 Å². The second kappa shape index (κ2) is 10.4. The molecule has 1 unspecified atom stereocenters. The van der Waals surface area contributed by atoms with Crippen LogP contribution in [0.2, 0.25) is 0 Å². The fourth-order valence-electron chi connectivity index (χ4n) is 5.28. The van der Waals surface area contributed by atoms with Gasteiger partial charge in [-0.3, -0.25) is 0 Å². The van der Waals surface area contributed by atoms with E-state index in [1.807, 2.05) is 31.6 Å². The van der Waals surface area contributed by atoms with Gasteiger partial charge in [0.05, 0.1) is 5.54 Å². The van der Waals surface area contributed by atoms with Crippen molar-refractivity contribution in [3.63, 3.8) is 0 Å². The van der Waals surface area contributed by atoms with Crippen LogP contribution in [0.1, 0.15) is 36.5 Å². The Morgan fingerprint density at radius 3 is 2.31 bits per heavy atom. The fraction of sp³-hybridized carbons (Fsp3) is 0.219. The zero-order valence-corrected chi connectivity index (χ0v) is 20.9. The molecule has 1 atom stereocenters. The SMILES string of the molecule is CCCCN(c1nccn1C)C(Cc1ccc2ccccc2c1)(c1ccccc1)c1cccc(F)c1. The number of unbranched alkanes of at least 4 members (excludes halogenated alkanes) is 1. The van der Waals surface area contributed by atoms with Crippen LogP contribution in [0.3, 0.4) is 0 Å². The first-order chi connectivity index (χ1) is 17.6. The lowest BCUT2D eigenvalue weighted by Gasteiger charge is -2.46. The van der Waals surface area contributed by atoms with Gasteiger partial charge in [0.25, 0.3) is 0 Å². The minimum absolute atomic E-state index is 0.235. The third-order valence-corrected chi connectivity index (χ3v) is 7.06. The van der Waals surface area contributed by atoms with Gasteiger partial charge >= 0.3 is 0 Å². The van der Waals surface area contributed by atoms with Crippen LogP contribution in [0, 0.1) is 5.82 Å². The number of fused-ring (bicyclic) bond motifs is 1. The Morgan fingerprint density at radius 1 is 0.833 bits per heavy atom. The number of rotatable bonds is 9. The molecule has 0 aliphatic carbocycles. The summed E-state index contributed by atoms with van der Waals surface area (Å²) in [5, 5.41) is 2.41. The summed E-state index contributed by atoms with van der Waals surface area (Å²) in [4.78, 5) is 7.18. The molecule has 182 valence electrons. The number of hydrogen-bond donors (Lipinski definition) is 0. The lowest BCUT2D eigenvalue weighted by atomic mass is 9.76. The molecule has 4 heteroatoms. The van der Waals surface area contributed by atoms with Crippen LogP contribution < -0.4 is 4.90 Å². The Bertz CT molecular complexity index is 1440. The third-order valence-electron chi connectivity index (χ3n) is 7.06. The van der Waals surface area contributed by atoms with Gasteiger partial charge in [0.1, 0.15) is 5.82 Å². The highest BCUT2D eigenvalue weighted by Gasteiger charge is 2.42. The number of halogens is 1. The number of nitrogens with zero attached hydrogens (tertiary/aromatic N) is 3. The van der Waals surface area contributed by atoms with E-state index in [4.69, 9.17) is 4.98 Å². The van der Waals surface area contributed by atoms with E-state index in [-0.39, 0.29) is 5.82 Å². The van der Waals surface area contributed by atoms with Gasteiger partial charge < -0.3 is 9.47 Å². The molecule has 0 fully saturated rings. The standard InChI is InChI=1S/C32H32FN3/c1-3-4-20-36(31-34-19-21-35(31)2)32(28-13-6-5-7-14-28,29-15-10-16-30(33)23-29)24-25-17-18-26-11-8-9-12-27(26)22-25/h5-19,21-23H,3-4,20,24H2,1-2H3. The van der Waals surface area contributed by atoms with Gasteiger partial charge in [-0.2, -0.15) is 0 Å². The number of benzene rings is 4. The molecule has 36 heavy (non-hydrogen) atoms. The van der Waals surface area contributed by atoms with Crippen molar-refractivity contribution in [3.05, 3.63) is 132 Å². The quantitative estimate of drug-likeness (QED) is 0.219. The summed E-state index contributed by atoms with van der Waals surface area (Å²) in [6, 6.07) is 32.7. The number of hydrogen-bond acceptors (Lipinski definition) is 2. The monoisotopic (exact) mass is 477 g/mol. The number of aromatic nitrogens is 2. The predicted molar refractivity (Wildman–Crippen MR) is 147 cm³/mol. The molecule has 5 rings (SSSR count). The Hall–Kier alpha value is -3.92. The highest BCUT2D eigenvalue weighted by Crippen LogP contribution is 2.42. The van der Waals surface area contributed by atoms with E-state index < -0.39 is 5.54 Å². The van der Waals surface area contributed by atoms with E-state index in [0.29, 0.717) is 6.42 Å². The van der Waals surface area contributed by atoms with Crippen LogP contribution in [-0.4, -0.2) is 16.1 Å². The van der Waals surface area contributed by atoms with Crippen LogP contribution in [0.4, 0.5) is 10.3 Å². The molecule has 0 aliphatic rings. The zero-order valence-electron chi connectivity index (χ0n) is 20.9. The first kappa shape index (κ1) is 23.8. The van der Waals surface area contributed by atoms with Crippen molar-refractivity contribution in [1.29, 1.82) is 0 Å². The minimum atomic E-state index is -0.667. The van der Waals surface area contributed by atoms with E-state index >= 15 is 0 Å². The summed E-state index contributed by atoms with van der Waals surface area (Å²) in [6.07, 6.45) is 6.53. The van der Waals surface area contributed by atoms with Crippen molar-refractivity contribution in [2.24, 2.45) is 7.05 Å². The molecular formula is C32H32FN3. The smallest absolute Gasteiger partial charge is 0.206 e. The van der Waals surface area contributed by atoms with Gasteiger partial charge in [-0.1, -0.05) is 98.3 Å². The number of aryl methyl sites for hydroxylation is 1. The second-order valence-corrected chi connectivity index (χ2v) is 9.44. The second-order valence-electron chi connectivity index (χ2n) is 9.44. The predicted octanol–water partition coefficient (Wildman–Crippen LogP) is 7.51. The molecule has 0 radical (unpaired) electrons.